The lowest BCUT2D eigenvalue weighted by molar-refractivity contribution is -0.130. The maximum atomic E-state index is 11.3. The third-order valence-corrected chi connectivity index (χ3v) is 3.20. The Morgan fingerprint density at radius 1 is 1.65 bits per heavy atom. The second-order valence-corrected chi connectivity index (χ2v) is 4.61. The molecule has 6 nitrogen and oxygen atoms in total. The van der Waals surface area contributed by atoms with Gasteiger partial charge in [-0.05, 0) is 18.8 Å². The molecule has 2 N–H and O–H groups in total. The van der Waals surface area contributed by atoms with Crippen molar-refractivity contribution in [2.45, 2.75) is 32.9 Å². The molecule has 94 valence electrons. The van der Waals surface area contributed by atoms with Gasteiger partial charge in [0, 0.05) is 39.3 Å². The van der Waals surface area contributed by atoms with Crippen molar-refractivity contribution in [3.05, 3.63) is 11.9 Å². The van der Waals surface area contributed by atoms with Gasteiger partial charge >= 0.3 is 0 Å². The number of hydrogen-bond donors (Lipinski definition) is 1. The summed E-state index contributed by atoms with van der Waals surface area (Å²) in [5.74, 6) is 0.635. The highest BCUT2D eigenvalue weighted by atomic mass is 16.2. The fourth-order valence-corrected chi connectivity index (χ4v) is 2.29. The van der Waals surface area contributed by atoms with Crippen molar-refractivity contribution in [3.63, 3.8) is 0 Å². The molecular formula is C11H19N5O. The predicted octanol–water partition coefficient (Wildman–Crippen LogP) is -0.00470. The van der Waals surface area contributed by atoms with Crippen molar-refractivity contribution in [2.24, 2.45) is 11.7 Å². The van der Waals surface area contributed by atoms with Crippen LogP contribution in [0, 0.1) is 5.92 Å². The minimum Gasteiger partial charge on any atom is -0.343 e. The lowest BCUT2D eigenvalue weighted by Crippen LogP contribution is -2.39. The standard InChI is InChI=1S/C11H19N5O/c1-9(17)15-4-2-3-10(6-15)7-16-8-11(5-12)13-14-16/h8,10H,2-7,12H2,1H3/t10-/m1/s1. The zero-order chi connectivity index (χ0) is 12.3. The lowest BCUT2D eigenvalue weighted by Gasteiger charge is -2.31. The molecule has 2 heterocycles. The van der Waals surface area contributed by atoms with Crippen molar-refractivity contribution >= 4 is 5.91 Å². The molecule has 6 heteroatoms. The van der Waals surface area contributed by atoms with Gasteiger partial charge in [-0.2, -0.15) is 0 Å². The van der Waals surface area contributed by atoms with Crippen LogP contribution in [0.3, 0.4) is 0 Å². The lowest BCUT2D eigenvalue weighted by atomic mass is 9.98. The number of aromatic nitrogens is 3. The average molecular weight is 237 g/mol. The van der Waals surface area contributed by atoms with Gasteiger partial charge in [-0.3, -0.25) is 9.48 Å². The van der Waals surface area contributed by atoms with E-state index in [4.69, 9.17) is 5.73 Å². The Kier molecular flexibility index (Phi) is 3.73. The predicted molar refractivity (Wildman–Crippen MR) is 62.9 cm³/mol. The Morgan fingerprint density at radius 2 is 2.47 bits per heavy atom. The molecule has 0 aliphatic carbocycles. The van der Waals surface area contributed by atoms with E-state index in [9.17, 15) is 4.79 Å². The topological polar surface area (TPSA) is 77.0 Å². The first kappa shape index (κ1) is 12.0. The molecule has 1 fully saturated rings. The van der Waals surface area contributed by atoms with Crippen LogP contribution in [0.4, 0.5) is 0 Å². The molecule has 1 aromatic heterocycles. The molecule has 1 aliphatic heterocycles. The Bertz CT molecular complexity index is 389. The van der Waals surface area contributed by atoms with Crippen LogP contribution < -0.4 is 5.73 Å². The normalized spacial score (nSPS) is 20.6. The summed E-state index contributed by atoms with van der Waals surface area (Å²) in [5.41, 5.74) is 6.30. The first-order valence-corrected chi connectivity index (χ1v) is 6.03. The molecular weight excluding hydrogens is 218 g/mol. The van der Waals surface area contributed by atoms with E-state index in [1.54, 1.807) is 6.92 Å². The maximum Gasteiger partial charge on any atom is 0.219 e. The summed E-state index contributed by atoms with van der Waals surface area (Å²) in [6.45, 7) is 4.58. The van der Waals surface area contributed by atoms with Crippen LogP contribution in [-0.4, -0.2) is 38.9 Å². The molecule has 1 aliphatic rings. The average Bonchev–Trinajstić information content (AvgIpc) is 2.77. The van der Waals surface area contributed by atoms with Crippen LogP contribution in [0.2, 0.25) is 0 Å². The minimum atomic E-state index is 0.163. The maximum absolute atomic E-state index is 11.3. The highest BCUT2D eigenvalue weighted by molar-refractivity contribution is 5.73. The van der Waals surface area contributed by atoms with E-state index >= 15 is 0 Å². The van der Waals surface area contributed by atoms with Gasteiger partial charge in [-0.15, -0.1) is 5.10 Å². The highest BCUT2D eigenvalue weighted by Gasteiger charge is 2.22. The van der Waals surface area contributed by atoms with Crippen LogP contribution in [0.15, 0.2) is 6.20 Å². The zero-order valence-corrected chi connectivity index (χ0v) is 10.2. The summed E-state index contributed by atoms with van der Waals surface area (Å²) in [4.78, 5) is 13.2. The van der Waals surface area contributed by atoms with Crippen LogP contribution in [0.5, 0.6) is 0 Å². The first-order chi connectivity index (χ1) is 8.19. The molecule has 0 aromatic carbocycles. The third-order valence-electron chi connectivity index (χ3n) is 3.20. The summed E-state index contributed by atoms with van der Waals surface area (Å²) >= 11 is 0. The largest absolute Gasteiger partial charge is 0.343 e. The molecule has 17 heavy (non-hydrogen) atoms. The molecule has 0 saturated carbocycles. The SMILES string of the molecule is CC(=O)N1CCC[C@@H](Cn2cc(CN)nn2)C1. The van der Waals surface area contributed by atoms with Crippen LogP contribution in [0.25, 0.3) is 0 Å². The molecule has 1 saturated heterocycles. The van der Waals surface area contributed by atoms with Gasteiger partial charge in [0.1, 0.15) is 0 Å². The van der Waals surface area contributed by atoms with E-state index in [2.05, 4.69) is 10.3 Å². The fourth-order valence-electron chi connectivity index (χ4n) is 2.29. The first-order valence-electron chi connectivity index (χ1n) is 6.03. The van der Waals surface area contributed by atoms with Crippen molar-refractivity contribution in [2.75, 3.05) is 13.1 Å². The van der Waals surface area contributed by atoms with E-state index < -0.39 is 0 Å². The summed E-state index contributed by atoms with van der Waals surface area (Å²) in [7, 11) is 0. The Balaban J connectivity index is 1.92. The second kappa shape index (κ2) is 5.27. The highest BCUT2D eigenvalue weighted by Crippen LogP contribution is 2.18. The van der Waals surface area contributed by atoms with Crippen molar-refractivity contribution < 1.29 is 4.79 Å². The Hall–Kier alpha value is -1.43. The molecule has 0 radical (unpaired) electrons. The number of nitrogens with two attached hydrogens (primary N) is 1. The summed E-state index contributed by atoms with van der Waals surface area (Å²) in [5, 5.41) is 8.00. The smallest absolute Gasteiger partial charge is 0.219 e. The number of rotatable bonds is 3. The van der Waals surface area contributed by atoms with Gasteiger partial charge in [0.2, 0.25) is 5.91 Å². The van der Waals surface area contributed by atoms with Gasteiger partial charge in [0.15, 0.2) is 0 Å². The van der Waals surface area contributed by atoms with Crippen molar-refractivity contribution in [1.29, 1.82) is 0 Å². The molecule has 0 bridgehead atoms. The van der Waals surface area contributed by atoms with Crippen LogP contribution in [-0.2, 0) is 17.9 Å². The summed E-state index contributed by atoms with van der Waals surface area (Å²) in [6.07, 6.45) is 4.09. The van der Waals surface area contributed by atoms with Crippen LogP contribution >= 0.6 is 0 Å². The van der Waals surface area contributed by atoms with Crippen molar-refractivity contribution in [1.82, 2.24) is 19.9 Å². The molecule has 0 unspecified atom stereocenters. The monoisotopic (exact) mass is 237 g/mol. The minimum absolute atomic E-state index is 0.163. The number of amides is 1. The van der Waals surface area contributed by atoms with E-state index in [1.165, 1.54) is 0 Å². The molecule has 1 atom stereocenters. The second-order valence-electron chi connectivity index (χ2n) is 4.61. The van der Waals surface area contributed by atoms with Gasteiger partial charge in [0.05, 0.1) is 5.69 Å². The molecule has 2 rings (SSSR count). The van der Waals surface area contributed by atoms with Gasteiger partial charge in [-0.25, -0.2) is 0 Å². The molecule has 0 spiro atoms. The Morgan fingerprint density at radius 3 is 3.12 bits per heavy atom. The number of nitrogens with zero attached hydrogens (tertiary/aromatic N) is 4. The quantitative estimate of drug-likeness (QED) is 0.802. The van der Waals surface area contributed by atoms with Gasteiger partial charge in [-0.1, -0.05) is 5.21 Å². The van der Waals surface area contributed by atoms with Crippen molar-refractivity contribution in [3.8, 4) is 0 Å². The van der Waals surface area contributed by atoms with E-state index in [0.29, 0.717) is 12.5 Å². The molecule has 1 aromatic rings. The van der Waals surface area contributed by atoms with Gasteiger partial charge in [0.25, 0.3) is 0 Å². The summed E-state index contributed by atoms with van der Waals surface area (Å²) < 4.78 is 1.83. The Labute approximate surface area is 101 Å². The number of carbonyl (C=O) groups excluding carboxylic acids is 1. The third kappa shape index (κ3) is 3.03. The number of piperidine rings is 1. The van der Waals surface area contributed by atoms with Gasteiger partial charge < -0.3 is 10.6 Å². The molecule has 1 amide bonds. The van der Waals surface area contributed by atoms with E-state index in [0.717, 1.165) is 38.2 Å². The number of carbonyl (C=O) groups is 1. The fraction of sp³-hybridized carbons (Fsp3) is 0.727. The number of likely N-dealkylation sites (tertiary alicyclic amines) is 1. The summed E-state index contributed by atoms with van der Waals surface area (Å²) in [6, 6.07) is 0. The zero-order valence-electron chi connectivity index (χ0n) is 10.2. The van der Waals surface area contributed by atoms with Crippen LogP contribution in [0.1, 0.15) is 25.5 Å². The van der Waals surface area contributed by atoms with E-state index in [1.807, 2.05) is 15.8 Å². The number of hydrogen-bond acceptors (Lipinski definition) is 4. The van der Waals surface area contributed by atoms with E-state index in [-0.39, 0.29) is 5.91 Å².